The lowest BCUT2D eigenvalue weighted by molar-refractivity contribution is -0.148. The SMILES string of the molecule is CC.CC.O=C(O)C1(c2ccc(Br)cn2)CCOCC1. The highest BCUT2D eigenvalue weighted by Crippen LogP contribution is 2.34. The number of pyridine rings is 1. The van der Waals surface area contributed by atoms with Crippen LogP contribution in [0.3, 0.4) is 0 Å². The fourth-order valence-electron chi connectivity index (χ4n) is 1.96. The normalized spacial score (nSPS) is 16.1. The van der Waals surface area contributed by atoms with Crippen LogP contribution in [0.5, 0.6) is 0 Å². The van der Waals surface area contributed by atoms with E-state index in [0.29, 0.717) is 31.7 Å². The summed E-state index contributed by atoms with van der Waals surface area (Å²) < 4.78 is 6.07. The van der Waals surface area contributed by atoms with E-state index in [9.17, 15) is 9.90 Å². The monoisotopic (exact) mass is 345 g/mol. The Balaban J connectivity index is 0.000000829. The van der Waals surface area contributed by atoms with Gasteiger partial charge in [-0.3, -0.25) is 9.78 Å². The Hall–Kier alpha value is -0.940. The molecule has 1 aliphatic rings. The lowest BCUT2D eigenvalue weighted by Crippen LogP contribution is -2.41. The van der Waals surface area contributed by atoms with Crippen LogP contribution in [0.15, 0.2) is 22.8 Å². The molecule has 1 saturated heterocycles. The third-order valence-electron chi connectivity index (χ3n) is 2.97. The fourth-order valence-corrected chi connectivity index (χ4v) is 2.19. The van der Waals surface area contributed by atoms with Gasteiger partial charge in [0.15, 0.2) is 0 Å². The van der Waals surface area contributed by atoms with Gasteiger partial charge in [0.25, 0.3) is 0 Å². The molecule has 2 heterocycles. The van der Waals surface area contributed by atoms with Crippen molar-refractivity contribution < 1.29 is 14.6 Å². The molecule has 0 amide bonds. The van der Waals surface area contributed by atoms with E-state index in [1.807, 2.05) is 33.8 Å². The van der Waals surface area contributed by atoms with Crippen LogP contribution in [-0.4, -0.2) is 29.3 Å². The lowest BCUT2D eigenvalue weighted by atomic mass is 9.77. The molecule has 1 aromatic heterocycles. The first-order valence-corrected chi connectivity index (χ1v) is 7.88. The minimum Gasteiger partial charge on any atom is -0.481 e. The molecule has 0 aliphatic carbocycles. The van der Waals surface area contributed by atoms with Crippen molar-refractivity contribution in [1.29, 1.82) is 0 Å². The number of carboxylic acid groups (broad SMARTS) is 1. The molecule has 114 valence electrons. The molecule has 1 N–H and O–H groups in total. The Morgan fingerprint density at radius 1 is 1.25 bits per heavy atom. The van der Waals surface area contributed by atoms with E-state index in [0.717, 1.165) is 4.47 Å². The highest BCUT2D eigenvalue weighted by Gasteiger charge is 2.43. The Morgan fingerprint density at radius 2 is 1.80 bits per heavy atom. The number of aliphatic carboxylic acids is 1. The van der Waals surface area contributed by atoms with E-state index < -0.39 is 11.4 Å². The van der Waals surface area contributed by atoms with Crippen molar-refractivity contribution in [1.82, 2.24) is 4.98 Å². The van der Waals surface area contributed by atoms with E-state index in [-0.39, 0.29) is 0 Å². The van der Waals surface area contributed by atoms with Gasteiger partial charge in [-0.2, -0.15) is 0 Å². The van der Waals surface area contributed by atoms with Crippen molar-refractivity contribution >= 4 is 21.9 Å². The van der Waals surface area contributed by atoms with Crippen molar-refractivity contribution in [3.8, 4) is 0 Å². The molecule has 0 spiro atoms. The zero-order valence-corrected chi connectivity index (χ0v) is 14.2. The number of halogens is 1. The molecule has 0 aromatic carbocycles. The first-order chi connectivity index (χ1) is 9.65. The average molecular weight is 346 g/mol. The summed E-state index contributed by atoms with van der Waals surface area (Å²) in [6.07, 6.45) is 2.60. The number of carboxylic acids is 1. The highest BCUT2D eigenvalue weighted by atomic mass is 79.9. The summed E-state index contributed by atoms with van der Waals surface area (Å²) in [5, 5.41) is 9.40. The molecule has 1 fully saturated rings. The Bertz CT molecular complexity index is 387. The summed E-state index contributed by atoms with van der Waals surface area (Å²) in [5.74, 6) is -0.814. The molecule has 4 nitrogen and oxygen atoms in total. The third-order valence-corrected chi connectivity index (χ3v) is 3.44. The maximum Gasteiger partial charge on any atom is 0.315 e. The van der Waals surface area contributed by atoms with E-state index in [1.54, 1.807) is 12.3 Å². The number of ether oxygens (including phenoxy) is 1. The van der Waals surface area contributed by atoms with Crippen molar-refractivity contribution in [2.75, 3.05) is 13.2 Å². The minimum atomic E-state index is -0.876. The number of hydrogen-bond donors (Lipinski definition) is 1. The number of rotatable bonds is 2. The lowest BCUT2D eigenvalue weighted by Gasteiger charge is -2.32. The number of hydrogen-bond acceptors (Lipinski definition) is 3. The van der Waals surface area contributed by atoms with Gasteiger partial charge in [0, 0.05) is 23.9 Å². The maximum atomic E-state index is 11.5. The van der Waals surface area contributed by atoms with Crippen LogP contribution in [0.2, 0.25) is 0 Å². The largest absolute Gasteiger partial charge is 0.481 e. The van der Waals surface area contributed by atoms with Crippen molar-refractivity contribution in [3.05, 3.63) is 28.5 Å². The van der Waals surface area contributed by atoms with Gasteiger partial charge in [0.2, 0.25) is 0 Å². The first kappa shape index (κ1) is 19.1. The Kier molecular flexibility index (Phi) is 9.42. The van der Waals surface area contributed by atoms with Crippen LogP contribution in [0.25, 0.3) is 0 Å². The molecule has 0 atom stereocenters. The van der Waals surface area contributed by atoms with E-state index in [2.05, 4.69) is 20.9 Å². The molecule has 0 saturated carbocycles. The van der Waals surface area contributed by atoms with Crippen molar-refractivity contribution in [3.63, 3.8) is 0 Å². The van der Waals surface area contributed by atoms with Gasteiger partial charge < -0.3 is 9.84 Å². The molecule has 1 aromatic rings. The van der Waals surface area contributed by atoms with Crippen molar-refractivity contribution in [2.45, 2.75) is 46.0 Å². The van der Waals surface area contributed by atoms with E-state index in [1.165, 1.54) is 0 Å². The molecular formula is C15H24BrNO3. The molecule has 5 heteroatoms. The minimum absolute atomic E-state index is 0.476. The summed E-state index contributed by atoms with van der Waals surface area (Å²) in [6, 6.07) is 3.59. The van der Waals surface area contributed by atoms with Gasteiger partial charge in [-0.15, -0.1) is 0 Å². The second-order valence-corrected chi connectivity index (χ2v) is 4.78. The van der Waals surface area contributed by atoms with Gasteiger partial charge in [-0.1, -0.05) is 27.7 Å². The van der Waals surface area contributed by atoms with E-state index in [4.69, 9.17) is 4.74 Å². The van der Waals surface area contributed by atoms with Gasteiger partial charge in [0.1, 0.15) is 5.41 Å². The number of aromatic nitrogens is 1. The van der Waals surface area contributed by atoms with Crippen LogP contribution >= 0.6 is 15.9 Å². The molecule has 0 bridgehead atoms. The molecule has 1 aliphatic heterocycles. The van der Waals surface area contributed by atoms with Crippen LogP contribution in [0, 0.1) is 0 Å². The van der Waals surface area contributed by atoms with E-state index >= 15 is 0 Å². The highest BCUT2D eigenvalue weighted by molar-refractivity contribution is 9.10. The smallest absolute Gasteiger partial charge is 0.315 e. The summed E-state index contributed by atoms with van der Waals surface area (Å²) in [5.41, 5.74) is -0.259. The van der Waals surface area contributed by atoms with Crippen LogP contribution < -0.4 is 0 Å². The van der Waals surface area contributed by atoms with Gasteiger partial charge in [-0.05, 0) is 40.9 Å². The van der Waals surface area contributed by atoms with Gasteiger partial charge >= 0.3 is 5.97 Å². The summed E-state index contributed by atoms with van der Waals surface area (Å²) >= 11 is 3.29. The molecule has 20 heavy (non-hydrogen) atoms. The standard InChI is InChI=1S/C11H12BrNO3.2C2H6/c12-8-1-2-9(13-7-8)11(10(14)15)3-5-16-6-4-11;2*1-2/h1-2,7H,3-6H2,(H,14,15);2*1-2H3. The number of nitrogens with zero attached hydrogens (tertiary/aromatic N) is 1. The fraction of sp³-hybridized carbons (Fsp3) is 0.600. The zero-order valence-electron chi connectivity index (χ0n) is 12.6. The van der Waals surface area contributed by atoms with Gasteiger partial charge in [-0.25, -0.2) is 0 Å². The molecule has 0 unspecified atom stereocenters. The predicted octanol–water partition coefficient (Wildman–Crippen LogP) is 4.03. The third kappa shape index (κ3) is 4.56. The quantitative estimate of drug-likeness (QED) is 0.878. The van der Waals surface area contributed by atoms with Crippen LogP contribution in [0.1, 0.15) is 46.2 Å². The molecular weight excluding hydrogens is 322 g/mol. The second-order valence-electron chi connectivity index (χ2n) is 3.86. The number of carbonyl (C=O) groups is 1. The molecule has 2 rings (SSSR count). The summed E-state index contributed by atoms with van der Waals surface area (Å²) in [4.78, 5) is 15.7. The van der Waals surface area contributed by atoms with Crippen LogP contribution in [-0.2, 0) is 14.9 Å². The van der Waals surface area contributed by atoms with Gasteiger partial charge in [0.05, 0.1) is 5.69 Å². The summed E-state index contributed by atoms with van der Waals surface area (Å²) in [6.45, 7) is 8.95. The Morgan fingerprint density at radius 3 is 2.20 bits per heavy atom. The Labute approximate surface area is 129 Å². The first-order valence-electron chi connectivity index (χ1n) is 7.08. The maximum absolute atomic E-state index is 11.5. The van der Waals surface area contributed by atoms with Crippen molar-refractivity contribution in [2.24, 2.45) is 0 Å². The summed E-state index contributed by atoms with van der Waals surface area (Å²) in [7, 11) is 0. The molecule has 0 radical (unpaired) electrons. The topological polar surface area (TPSA) is 59.4 Å². The average Bonchev–Trinajstić information content (AvgIpc) is 2.52. The van der Waals surface area contributed by atoms with Crippen LogP contribution in [0.4, 0.5) is 0 Å². The second kappa shape index (κ2) is 9.88. The predicted molar refractivity (Wildman–Crippen MR) is 84.0 cm³/mol. The zero-order chi connectivity index (χ0) is 15.6.